The van der Waals surface area contributed by atoms with Gasteiger partial charge in [0.25, 0.3) is 0 Å². The molecule has 148 valence electrons. The second-order valence-electron chi connectivity index (χ2n) is 7.63. The molecule has 0 atom stereocenters. The predicted octanol–water partition coefficient (Wildman–Crippen LogP) is 2.48. The number of sulfonamides is 1. The predicted molar refractivity (Wildman–Crippen MR) is 110 cm³/mol. The number of hydrogen-bond acceptors (Lipinski definition) is 2. The first-order valence-corrected chi connectivity index (χ1v) is 11.3. The number of fused-ring (bicyclic) bond motifs is 3. The van der Waals surface area contributed by atoms with Gasteiger partial charge in [0.15, 0.2) is 0 Å². The van der Waals surface area contributed by atoms with Crippen LogP contribution in [0.25, 0.3) is 11.1 Å². The van der Waals surface area contributed by atoms with E-state index in [9.17, 15) is 12.8 Å². The van der Waals surface area contributed by atoms with Crippen LogP contribution in [-0.4, -0.2) is 38.9 Å². The van der Waals surface area contributed by atoms with Gasteiger partial charge >= 0.3 is 0 Å². The number of rotatable bonds is 3. The van der Waals surface area contributed by atoms with Gasteiger partial charge in [-0.2, -0.15) is 4.31 Å². The Morgan fingerprint density at radius 1 is 0.828 bits per heavy atom. The topological polar surface area (TPSA) is 41.8 Å². The number of nitrogens with one attached hydrogen (secondary N) is 1. The van der Waals surface area contributed by atoms with Gasteiger partial charge in [0, 0.05) is 11.1 Å². The molecule has 1 N–H and O–H groups in total. The van der Waals surface area contributed by atoms with Crippen molar-refractivity contribution in [2.24, 2.45) is 0 Å². The summed E-state index contributed by atoms with van der Waals surface area (Å²) in [6.07, 6.45) is 0. The Balaban J connectivity index is 1.40. The van der Waals surface area contributed by atoms with Crippen molar-refractivity contribution in [3.63, 3.8) is 0 Å². The van der Waals surface area contributed by atoms with Crippen molar-refractivity contribution in [2.45, 2.75) is 10.9 Å². The van der Waals surface area contributed by atoms with Crippen LogP contribution in [0.15, 0.2) is 77.7 Å². The second kappa shape index (κ2) is 7.06. The molecule has 0 saturated carbocycles. The zero-order valence-electron chi connectivity index (χ0n) is 15.9. The van der Waals surface area contributed by atoms with Gasteiger partial charge in [0.1, 0.15) is 11.9 Å². The molecule has 3 aromatic rings. The Hall–Kier alpha value is -2.54. The Kier molecular flexibility index (Phi) is 4.50. The zero-order chi connectivity index (χ0) is 20.0. The molecule has 0 aromatic heterocycles. The van der Waals surface area contributed by atoms with Crippen molar-refractivity contribution in [1.82, 2.24) is 4.31 Å². The molecule has 4 nitrogen and oxygen atoms in total. The average molecular weight is 410 g/mol. The molecule has 0 unspecified atom stereocenters. The molecule has 1 heterocycles. The number of nitrogens with zero attached hydrogens (tertiary/aromatic N) is 1. The van der Waals surface area contributed by atoms with Crippen molar-refractivity contribution in [3.05, 3.63) is 89.7 Å². The Bertz CT molecular complexity index is 1130. The van der Waals surface area contributed by atoms with Gasteiger partial charge in [-0.3, -0.25) is 0 Å². The van der Waals surface area contributed by atoms with Crippen LogP contribution in [0.4, 0.5) is 4.39 Å². The van der Waals surface area contributed by atoms with Crippen LogP contribution in [0.2, 0.25) is 0 Å². The van der Waals surface area contributed by atoms with Gasteiger partial charge < -0.3 is 4.90 Å². The summed E-state index contributed by atoms with van der Waals surface area (Å²) in [5.41, 5.74) is 5.17. The molecule has 29 heavy (non-hydrogen) atoms. The highest BCUT2D eigenvalue weighted by Gasteiger charge is 2.39. The minimum Gasteiger partial charge on any atom is -0.323 e. The van der Waals surface area contributed by atoms with E-state index in [1.54, 1.807) is 0 Å². The van der Waals surface area contributed by atoms with Crippen molar-refractivity contribution in [3.8, 4) is 11.1 Å². The maximum atomic E-state index is 13.5. The normalized spacial score (nSPS) is 17.8. The van der Waals surface area contributed by atoms with Crippen molar-refractivity contribution >= 4 is 10.0 Å². The van der Waals surface area contributed by atoms with Crippen LogP contribution in [0, 0.1) is 5.82 Å². The maximum Gasteiger partial charge on any atom is 0.243 e. The largest absolute Gasteiger partial charge is 0.323 e. The van der Waals surface area contributed by atoms with Crippen molar-refractivity contribution in [2.75, 3.05) is 26.2 Å². The van der Waals surface area contributed by atoms with E-state index in [0.717, 1.165) is 6.07 Å². The zero-order valence-corrected chi connectivity index (χ0v) is 16.7. The molecule has 1 saturated heterocycles. The quantitative estimate of drug-likeness (QED) is 0.722. The van der Waals surface area contributed by atoms with E-state index in [-0.39, 0.29) is 10.9 Å². The SMILES string of the molecule is O=S(=O)(c1cccc(F)c1)N1CC[NH+](C2c3ccccc3-c3ccccc32)CC1. The first kappa shape index (κ1) is 18.5. The summed E-state index contributed by atoms with van der Waals surface area (Å²) in [6.45, 7) is 2.27. The summed E-state index contributed by atoms with van der Waals surface area (Å²) in [4.78, 5) is 1.39. The first-order chi connectivity index (χ1) is 14.1. The lowest BCUT2D eigenvalue weighted by Gasteiger charge is -2.35. The lowest BCUT2D eigenvalue weighted by molar-refractivity contribution is -0.928. The molecule has 5 rings (SSSR count). The van der Waals surface area contributed by atoms with Crippen LogP contribution in [0.5, 0.6) is 0 Å². The third-order valence-electron chi connectivity index (χ3n) is 6.04. The Morgan fingerprint density at radius 2 is 1.41 bits per heavy atom. The molecule has 0 radical (unpaired) electrons. The summed E-state index contributed by atoms with van der Waals surface area (Å²) in [5, 5.41) is 0. The molecular weight excluding hydrogens is 387 g/mol. The number of piperazine rings is 1. The second-order valence-corrected chi connectivity index (χ2v) is 9.57. The summed E-state index contributed by atoms with van der Waals surface area (Å²) < 4.78 is 40.8. The summed E-state index contributed by atoms with van der Waals surface area (Å²) in [6, 6.07) is 22.5. The van der Waals surface area contributed by atoms with Crippen LogP contribution in [0.3, 0.4) is 0 Å². The fraction of sp³-hybridized carbons (Fsp3) is 0.217. The van der Waals surface area contributed by atoms with Gasteiger partial charge in [-0.25, -0.2) is 12.8 Å². The van der Waals surface area contributed by atoms with E-state index < -0.39 is 15.8 Å². The lowest BCUT2D eigenvalue weighted by atomic mass is 10.0. The highest BCUT2D eigenvalue weighted by molar-refractivity contribution is 7.89. The van der Waals surface area contributed by atoms with E-state index in [1.165, 1.54) is 49.7 Å². The number of quaternary nitrogens is 1. The van der Waals surface area contributed by atoms with E-state index >= 15 is 0 Å². The Morgan fingerprint density at radius 3 is 2.00 bits per heavy atom. The third-order valence-corrected chi connectivity index (χ3v) is 7.94. The molecule has 1 aliphatic heterocycles. The van der Waals surface area contributed by atoms with E-state index in [1.807, 2.05) is 0 Å². The average Bonchev–Trinajstić information content (AvgIpc) is 3.08. The molecule has 3 aromatic carbocycles. The maximum absolute atomic E-state index is 13.5. The van der Waals surface area contributed by atoms with Gasteiger partial charge in [0.2, 0.25) is 10.0 Å². The van der Waals surface area contributed by atoms with Crippen molar-refractivity contribution in [1.29, 1.82) is 0 Å². The number of hydrogen-bond donors (Lipinski definition) is 1. The fourth-order valence-electron chi connectivity index (χ4n) is 4.67. The van der Waals surface area contributed by atoms with Crippen LogP contribution in [0.1, 0.15) is 17.2 Å². The van der Waals surface area contributed by atoms with Gasteiger partial charge in [-0.15, -0.1) is 0 Å². The standard InChI is InChI=1S/C23H21FN2O2S/c24-17-6-5-7-18(16-17)29(27,28)26-14-12-25(13-15-26)23-21-10-3-1-8-19(21)20-9-2-4-11-22(20)23/h1-11,16,23H,12-15H2/p+1. The molecule has 2 aliphatic rings. The summed E-state index contributed by atoms with van der Waals surface area (Å²) >= 11 is 0. The van der Waals surface area contributed by atoms with E-state index in [4.69, 9.17) is 0 Å². The lowest BCUT2D eigenvalue weighted by Crippen LogP contribution is -3.15. The van der Waals surface area contributed by atoms with Gasteiger partial charge in [-0.05, 0) is 29.3 Å². The highest BCUT2D eigenvalue weighted by atomic mass is 32.2. The minimum absolute atomic E-state index is 0.0255. The van der Waals surface area contributed by atoms with E-state index in [0.29, 0.717) is 26.2 Å². The number of benzene rings is 3. The van der Waals surface area contributed by atoms with Crippen LogP contribution < -0.4 is 4.90 Å². The molecule has 0 amide bonds. The minimum atomic E-state index is -3.67. The van der Waals surface area contributed by atoms with Gasteiger partial charge in [0.05, 0.1) is 31.1 Å². The molecule has 1 fully saturated rings. The first-order valence-electron chi connectivity index (χ1n) is 9.84. The molecule has 1 aliphatic carbocycles. The Labute approximate surface area is 170 Å². The summed E-state index contributed by atoms with van der Waals surface area (Å²) in [5.74, 6) is -0.533. The molecule has 0 spiro atoms. The monoisotopic (exact) mass is 409 g/mol. The molecular formula is C23H22FN2O2S+. The van der Waals surface area contributed by atoms with Crippen LogP contribution >= 0.6 is 0 Å². The van der Waals surface area contributed by atoms with Crippen molar-refractivity contribution < 1.29 is 17.7 Å². The van der Waals surface area contributed by atoms with Gasteiger partial charge in [-0.1, -0.05) is 54.6 Å². The van der Waals surface area contributed by atoms with E-state index in [2.05, 4.69) is 48.5 Å². The fourth-order valence-corrected chi connectivity index (χ4v) is 6.15. The molecule has 0 bridgehead atoms. The smallest absolute Gasteiger partial charge is 0.243 e. The summed E-state index contributed by atoms with van der Waals surface area (Å²) in [7, 11) is -3.67. The van der Waals surface area contributed by atoms with Crippen LogP contribution in [-0.2, 0) is 10.0 Å². The third kappa shape index (κ3) is 3.08. The number of halogens is 1. The highest BCUT2D eigenvalue weighted by Crippen LogP contribution is 2.41. The molecule has 6 heteroatoms.